The van der Waals surface area contributed by atoms with Gasteiger partial charge < -0.3 is 11.1 Å². The van der Waals surface area contributed by atoms with Crippen molar-refractivity contribution in [2.24, 2.45) is 17.6 Å². The third-order valence-corrected chi connectivity index (χ3v) is 4.68. The molecule has 3 nitrogen and oxygen atoms in total. The smallest absolute Gasteiger partial charge is 0.353 e. The van der Waals surface area contributed by atoms with Crippen LogP contribution >= 0.6 is 0 Å². The van der Waals surface area contributed by atoms with Crippen molar-refractivity contribution in [3.63, 3.8) is 0 Å². The van der Waals surface area contributed by atoms with Crippen molar-refractivity contribution >= 4 is 5.91 Å². The third kappa shape index (κ3) is 4.11. The maximum Gasteiger partial charge on any atom is 0.391 e. The van der Waals surface area contributed by atoms with Crippen LogP contribution in [0.5, 0.6) is 0 Å². The van der Waals surface area contributed by atoms with E-state index in [4.69, 9.17) is 5.73 Å². The van der Waals surface area contributed by atoms with Crippen molar-refractivity contribution in [1.82, 2.24) is 5.32 Å². The number of hydrogen-bond acceptors (Lipinski definition) is 2. The van der Waals surface area contributed by atoms with Gasteiger partial charge in [0, 0.05) is 18.0 Å². The Bertz CT molecular complexity index is 330. The number of nitrogens with two attached hydrogens (primary N) is 1. The van der Waals surface area contributed by atoms with Gasteiger partial charge in [-0.3, -0.25) is 4.79 Å². The van der Waals surface area contributed by atoms with Gasteiger partial charge in [0.1, 0.15) is 0 Å². The van der Waals surface area contributed by atoms with Gasteiger partial charge >= 0.3 is 6.18 Å². The summed E-state index contributed by atoms with van der Waals surface area (Å²) < 4.78 is 37.7. The summed E-state index contributed by atoms with van der Waals surface area (Å²) in [5.41, 5.74) is 5.81. The van der Waals surface area contributed by atoms with Crippen LogP contribution in [0, 0.1) is 11.8 Å². The van der Waals surface area contributed by atoms with Gasteiger partial charge in [-0.25, -0.2) is 0 Å². The summed E-state index contributed by atoms with van der Waals surface area (Å²) in [4.78, 5) is 12.1. The van der Waals surface area contributed by atoms with Gasteiger partial charge in [0.15, 0.2) is 0 Å². The predicted molar refractivity (Wildman–Crippen MR) is 69.9 cm³/mol. The molecule has 0 aliphatic heterocycles. The van der Waals surface area contributed by atoms with Gasteiger partial charge in [0.05, 0.1) is 5.92 Å². The van der Waals surface area contributed by atoms with Crippen LogP contribution in [0.25, 0.3) is 0 Å². The molecule has 0 spiro atoms. The Balaban J connectivity index is 1.75. The zero-order valence-corrected chi connectivity index (χ0v) is 11.6. The van der Waals surface area contributed by atoms with E-state index in [9.17, 15) is 18.0 Å². The fraction of sp³-hybridized carbons (Fsp3) is 0.929. The molecule has 0 heterocycles. The fourth-order valence-corrected chi connectivity index (χ4v) is 3.27. The van der Waals surface area contributed by atoms with Gasteiger partial charge in [0.2, 0.25) is 5.91 Å². The molecule has 2 aliphatic carbocycles. The number of alkyl halides is 3. The quantitative estimate of drug-likeness (QED) is 0.822. The molecule has 6 heteroatoms. The van der Waals surface area contributed by atoms with Crippen LogP contribution in [0.1, 0.15) is 51.4 Å². The number of hydrogen-bond donors (Lipinski definition) is 2. The minimum Gasteiger partial charge on any atom is -0.353 e. The van der Waals surface area contributed by atoms with E-state index >= 15 is 0 Å². The number of rotatable bonds is 2. The summed E-state index contributed by atoms with van der Waals surface area (Å²) in [6.07, 6.45) is 0.326. The first kappa shape index (κ1) is 15.6. The molecule has 0 aromatic heterocycles. The summed E-state index contributed by atoms with van der Waals surface area (Å²) in [7, 11) is 0. The first-order valence-electron chi connectivity index (χ1n) is 7.49. The lowest BCUT2D eigenvalue weighted by Gasteiger charge is -2.32. The molecule has 0 saturated heterocycles. The van der Waals surface area contributed by atoms with E-state index in [2.05, 4.69) is 5.32 Å². The molecule has 0 radical (unpaired) electrons. The Labute approximate surface area is 117 Å². The SMILES string of the molecule is NC1CCC(NC(=O)C2CCC(C(F)(F)F)CC2)CC1. The molecule has 2 rings (SSSR count). The molecular weight excluding hydrogens is 269 g/mol. The van der Waals surface area contributed by atoms with Gasteiger partial charge in [-0.05, 0) is 51.4 Å². The number of halogens is 3. The highest BCUT2D eigenvalue weighted by Crippen LogP contribution is 2.39. The molecular formula is C14H23F3N2O. The van der Waals surface area contributed by atoms with Crippen LogP contribution in [0.3, 0.4) is 0 Å². The van der Waals surface area contributed by atoms with Crippen LogP contribution in [0.15, 0.2) is 0 Å². The molecule has 0 aromatic rings. The highest BCUT2D eigenvalue weighted by atomic mass is 19.4. The number of carbonyl (C=O) groups excluding carboxylic acids is 1. The minimum atomic E-state index is -4.11. The Hall–Kier alpha value is -0.780. The summed E-state index contributed by atoms with van der Waals surface area (Å²) in [5, 5.41) is 2.99. The number of nitrogens with one attached hydrogen (secondary N) is 1. The Morgan fingerprint density at radius 3 is 2.00 bits per heavy atom. The fourth-order valence-electron chi connectivity index (χ4n) is 3.27. The first-order valence-corrected chi connectivity index (χ1v) is 7.49. The lowest BCUT2D eigenvalue weighted by Crippen LogP contribution is -2.44. The molecule has 116 valence electrons. The normalized spacial score (nSPS) is 35.6. The molecule has 20 heavy (non-hydrogen) atoms. The van der Waals surface area contributed by atoms with E-state index < -0.39 is 12.1 Å². The van der Waals surface area contributed by atoms with E-state index in [1.54, 1.807) is 0 Å². The van der Waals surface area contributed by atoms with Crippen LogP contribution in [0.4, 0.5) is 13.2 Å². The zero-order valence-electron chi connectivity index (χ0n) is 11.6. The summed E-state index contributed by atoms with van der Waals surface area (Å²) in [5.74, 6) is -1.53. The molecule has 0 unspecified atom stereocenters. The maximum absolute atomic E-state index is 12.6. The van der Waals surface area contributed by atoms with Crippen LogP contribution in [0.2, 0.25) is 0 Å². The Morgan fingerprint density at radius 1 is 0.950 bits per heavy atom. The molecule has 0 atom stereocenters. The second-order valence-electron chi connectivity index (χ2n) is 6.21. The second-order valence-corrected chi connectivity index (χ2v) is 6.21. The Kier molecular flexibility index (Phi) is 4.94. The van der Waals surface area contributed by atoms with Crippen LogP contribution < -0.4 is 11.1 Å². The minimum absolute atomic E-state index is 0.0638. The molecule has 2 aliphatic rings. The van der Waals surface area contributed by atoms with Crippen molar-refractivity contribution in [2.45, 2.75) is 69.6 Å². The Morgan fingerprint density at radius 2 is 1.50 bits per heavy atom. The summed E-state index contributed by atoms with van der Waals surface area (Å²) in [6.45, 7) is 0. The average Bonchev–Trinajstić information content (AvgIpc) is 2.40. The van der Waals surface area contributed by atoms with Crippen LogP contribution in [-0.2, 0) is 4.79 Å². The van der Waals surface area contributed by atoms with E-state index in [-0.39, 0.29) is 36.8 Å². The van der Waals surface area contributed by atoms with Gasteiger partial charge in [-0.2, -0.15) is 13.2 Å². The highest BCUT2D eigenvalue weighted by molar-refractivity contribution is 5.79. The van der Waals surface area contributed by atoms with Gasteiger partial charge in [-0.15, -0.1) is 0 Å². The molecule has 3 N–H and O–H groups in total. The summed E-state index contributed by atoms with van der Waals surface area (Å²) in [6, 6.07) is 0.382. The zero-order chi connectivity index (χ0) is 14.8. The topological polar surface area (TPSA) is 55.1 Å². The molecule has 2 fully saturated rings. The van der Waals surface area contributed by atoms with E-state index in [0.717, 1.165) is 25.7 Å². The standard InChI is InChI=1S/C14H23F3N2O/c15-14(16,17)10-3-1-9(2-4-10)13(20)19-12-7-5-11(18)6-8-12/h9-12H,1-8,18H2,(H,19,20). The summed E-state index contributed by atoms with van der Waals surface area (Å²) >= 11 is 0. The number of carbonyl (C=O) groups is 1. The van der Waals surface area contributed by atoms with E-state index in [0.29, 0.717) is 12.8 Å². The van der Waals surface area contributed by atoms with Crippen molar-refractivity contribution in [1.29, 1.82) is 0 Å². The molecule has 1 amide bonds. The predicted octanol–water partition coefficient (Wildman–Crippen LogP) is 2.74. The molecule has 0 bridgehead atoms. The lowest BCUT2D eigenvalue weighted by molar-refractivity contribution is -0.184. The maximum atomic E-state index is 12.6. The van der Waals surface area contributed by atoms with Crippen molar-refractivity contribution in [2.75, 3.05) is 0 Å². The van der Waals surface area contributed by atoms with Crippen molar-refractivity contribution in [3.8, 4) is 0 Å². The van der Waals surface area contributed by atoms with Crippen LogP contribution in [-0.4, -0.2) is 24.2 Å². The lowest BCUT2D eigenvalue weighted by atomic mass is 9.81. The van der Waals surface area contributed by atoms with Crippen molar-refractivity contribution in [3.05, 3.63) is 0 Å². The second kappa shape index (κ2) is 6.33. The largest absolute Gasteiger partial charge is 0.391 e. The third-order valence-electron chi connectivity index (χ3n) is 4.68. The first-order chi connectivity index (χ1) is 9.36. The average molecular weight is 292 g/mol. The van der Waals surface area contributed by atoms with Gasteiger partial charge in [0.25, 0.3) is 0 Å². The monoisotopic (exact) mass is 292 g/mol. The molecule has 2 saturated carbocycles. The number of amides is 1. The van der Waals surface area contributed by atoms with Crippen molar-refractivity contribution < 1.29 is 18.0 Å². The van der Waals surface area contributed by atoms with E-state index in [1.165, 1.54) is 0 Å². The van der Waals surface area contributed by atoms with E-state index in [1.807, 2.05) is 0 Å². The molecule has 0 aromatic carbocycles. The highest BCUT2D eigenvalue weighted by Gasteiger charge is 2.42. The van der Waals surface area contributed by atoms with Gasteiger partial charge in [-0.1, -0.05) is 0 Å².